The van der Waals surface area contributed by atoms with Gasteiger partial charge in [-0.05, 0) is 0 Å². The summed E-state index contributed by atoms with van der Waals surface area (Å²) in [6.07, 6.45) is 0. The zero-order chi connectivity index (χ0) is 11.9. The second-order valence-electron chi connectivity index (χ2n) is 6.50. The van der Waals surface area contributed by atoms with Gasteiger partial charge in [0.25, 0.3) is 0 Å². The molecule has 80 valence electrons. The Kier molecular flexibility index (Phi) is 3.87. The van der Waals surface area contributed by atoms with E-state index in [4.69, 9.17) is 0 Å². The van der Waals surface area contributed by atoms with Crippen LogP contribution in [-0.2, 0) is 0 Å². The Bertz CT molecular complexity index is 351. The third kappa shape index (κ3) is 3.16. The van der Waals surface area contributed by atoms with Crippen molar-refractivity contribution in [2.75, 3.05) is 6.66 Å². The van der Waals surface area contributed by atoms with Crippen LogP contribution in [0.15, 0.2) is 0 Å². The minimum atomic E-state index is -0.452. The van der Waals surface area contributed by atoms with Crippen LogP contribution >= 0.6 is 7.42 Å². The summed E-state index contributed by atoms with van der Waals surface area (Å²) in [5.74, 6) is 0. The first-order chi connectivity index (χ1) is 6.64. The Morgan fingerprint density at radius 2 is 1.47 bits per heavy atom. The molecule has 15 heavy (non-hydrogen) atoms. The van der Waals surface area contributed by atoms with Crippen molar-refractivity contribution in [2.24, 2.45) is 10.8 Å². The van der Waals surface area contributed by atoms with Gasteiger partial charge in [0.15, 0.2) is 0 Å². The quantitative estimate of drug-likeness (QED) is 0.431. The second-order valence-corrected chi connectivity index (χ2v) is 8.70. The average molecular weight is 218 g/mol. The average Bonchev–Trinajstić information content (AvgIpc) is 1.99. The van der Waals surface area contributed by atoms with Crippen molar-refractivity contribution in [1.82, 2.24) is 0 Å². The van der Waals surface area contributed by atoms with Gasteiger partial charge in [-0.1, -0.05) is 0 Å². The van der Waals surface area contributed by atoms with Gasteiger partial charge in [-0.25, -0.2) is 0 Å². The fourth-order valence-electron chi connectivity index (χ4n) is 2.29. The van der Waals surface area contributed by atoms with E-state index in [2.05, 4.69) is 68.2 Å². The Morgan fingerprint density at radius 1 is 0.933 bits per heavy atom. The fourth-order valence-corrected chi connectivity index (χ4v) is 4.91. The van der Waals surface area contributed by atoms with Crippen molar-refractivity contribution in [3.05, 3.63) is 0 Å². The summed E-state index contributed by atoms with van der Waals surface area (Å²) in [5, 5.41) is 1.70. The first kappa shape index (κ1) is 13.4. The number of hydrogen-bond donors (Lipinski definition) is 0. The molecule has 1 aliphatic rings. The molecule has 0 aromatic heterocycles. The molecule has 0 amide bonds. The molecule has 0 nitrogen and oxygen atoms in total. The molecule has 1 aliphatic heterocycles. The fraction of sp³-hybridized carbons (Fsp3) is 0.818. The van der Waals surface area contributed by atoms with Crippen LogP contribution in [0.3, 0.4) is 0 Å². The number of rotatable bonds is 0. The molecule has 0 aromatic carbocycles. The maximum atomic E-state index is 2.40. The molecule has 0 radical (unpaired) electrons. The Hall–Kier alpha value is 0.365. The molecule has 0 saturated carbocycles. The van der Waals surface area contributed by atoms with Crippen LogP contribution in [0.25, 0.3) is 0 Å². The van der Waals surface area contributed by atoms with Crippen molar-refractivity contribution in [3.63, 3.8) is 0 Å². The van der Waals surface area contributed by atoms with Crippen molar-refractivity contribution in [3.8, 4) is 0 Å². The van der Waals surface area contributed by atoms with Crippen LogP contribution in [0.2, 0.25) is 0 Å². The number of hydrogen-bond acceptors (Lipinski definition) is 0. The van der Waals surface area contributed by atoms with Gasteiger partial charge in [-0.3, -0.25) is 0 Å². The van der Waals surface area contributed by atoms with E-state index in [-0.39, 0.29) is 5.41 Å². The van der Waals surface area contributed by atoms with Crippen molar-refractivity contribution >= 4 is 38.2 Å². The molecule has 0 saturated heterocycles. The Balaban J connectivity index is 3.32. The van der Waals surface area contributed by atoms with E-state index in [0.29, 0.717) is 5.41 Å². The van der Waals surface area contributed by atoms with Crippen LogP contribution < -0.4 is 0 Å². The van der Waals surface area contributed by atoms with E-state index >= 15 is 0 Å². The molecule has 4 heteroatoms. The zero-order valence-electron chi connectivity index (χ0n) is 11.2. The van der Waals surface area contributed by atoms with Gasteiger partial charge in [0.05, 0.1) is 0 Å². The molecule has 0 bridgehead atoms. The topological polar surface area (TPSA) is 0 Å². The van der Waals surface area contributed by atoms with Crippen LogP contribution in [-0.4, -0.2) is 37.4 Å². The van der Waals surface area contributed by atoms with E-state index in [1.165, 1.54) is 0 Å². The molecule has 1 unspecified atom stereocenters. The monoisotopic (exact) mass is 218 g/mol. The normalized spacial score (nSPS) is 21.4. The van der Waals surface area contributed by atoms with Gasteiger partial charge in [0.1, 0.15) is 0 Å². The molecule has 0 fully saturated rings. The molecule has 0 spiro atoms. The summed E-state index contributed by atoms with van der Waals surface area (Å²) in [4.78, 5) is 0. The SMILES string of the molecule is C[PH]1=C(C(C)(C)C)C(C(C)(C)C)=BB=B1. The summed E-state index contributed by atoms with van der Waals surface area (Å²) in [6.45, 7) is 23.4. The van der Waals surface area contributed by atoms with E-state index in [0.717, 1.165) is 0 Å². The summed E-state index contributed by atoms with van der Waals surface area (Å²) >= 11 is 0. The van der Waals surface area contributed by atoms with Gasteiger partial charge in [0, 0.05) is 0 Å². The molecule has 1 rings (SSSR count). The summed E-state index contributed by atoms with van der Waals surface area (Å²) in [6, 6.07) is 0. The predicted molar refractivity (Wildman–Crippen MR) is 80.4 cm³/mol. The third-order valence-corrected chi connectivity index (χ3v) is 5.33. The van der Waals surface area contributed by atoms with Crippen molar-refractivity contribution in [2.45, 2.75) is 41.5 Å². The summed E-state index contributed by atoms with van der Waals surface area (Å²) in [7, 11) is -0.452. The van der Waals surface area contributed by atoms with Gasteiger partial charge in [-0.15, -0.1) is 0 Å². The van der Waals surface area contributed by atoms with Crippen LogP contribution in [0.5, 0.6) is 0 Å². The first-order valence-corrected chi connectivity index (χ1v) is 7.82. The molecule has 0 N–H and O–H groups in total. The first-order valence-electron chi connectivity index (χ1n) is 5.74. The molecular weight excluding hydrogens is 196 g/mol. The van der Waals surface area contributed by atoms with E-state index in [1.807, 2.05) is 0 Å². The van der Waals surface area contributed by atoms with Crippen molar-refractivity contribution in [1.29, 1.82) is 0 Å². The molecule has 0 aromatic rings. The van der Waals surface area contributed by atoms with E-state index < -0.39 is 7.42 Å². The van der Waals surface area contributed by atoms with Crippen LogP contribution in [0, 0.1) is 10.8 Å². The minimum absolute atomic E-state index is 0.277. The summed E-state index contributed by atoms with van der Waals surface area (Å²) in [5.41, 5.74) is 2.15. The molecular formula is C11H22B3P. The van der Waals surface area contributed by atoms with Crippen LogP contribution in [0.1, 0.15) is 41.5 Å². The van der Waals surface area contributed by atoms with E-state index in [9.17, 15) is 0 Å². The van der Waals surface area contributed by atoms with Crippen LogP contribution in [0.4, 0.5) is 0 Å². The molecule has 0 aliphatic carbocycles. The Morgan fingerprint density at radius 3 is 1.80 bits per heavy atom. The third-order valence-electron chi connectivity index (χ3n) is 2.83. The van der Waals surface area contributed by atoms with E-state index in [1.54, 1.807) is 10.8 Å². The van der Waals surface area contributed by atoms with Gasteiger partial charge in [-0.2, -0.15) is 0 Å². The molecule has 1 atom stereocenters. The van der Waals surface area contributed by atoms with Crippen molar-refractivity contribution < 1.29 is 0 Å². The maximum absolute atomic E-state index is 2.40. The predicted octanol–water partition coefficient (Wildman–Crippen LogP) is 2.14. The molecule has 1 heterocycles. The summed E-state index contributed by atoms with van der Waals surface area (Å²) < 4.78 is 0. The van der Waals surface area contributed by atoms with Gasteiger partial charge >= 0.3 is 97.2 Å². The Labute approximate surface area is 97.6 Å². The standard InChI is InChI=1S/C11H22B3P/c1-10(2,3)8-9(11(4,5)6)15(7)14-13-12-8/h15H,1-7H3. The van der Waals surface area contributed by atoms with Gasteiger partial charge < -0.3 is 0 Å². The zero-order valence-corrected chi connectivity index (χ0v) is 12.2. The second kappa shape index (κ2) is 4.32. The van der Waals surface area contributed by atoms with Gasteiger partial charge in [0.2, 0.25) is 0 Å².